The molecule has 2 aliphatic rings. The van der Waals surface area contributed by atoms with Gasteiger partial charge in [0.25, 0.3) is 0 Å². The van der Waals surface area contributed by atoms with Crippen molar-refractivity contribution in [1.29, 1.82) is 0 Å². The van der Waals surface area contributed by atoms with Crippen LogP contribution < -0.4 is 0 Å². The van der Waals surface area contributed by atoms with Gasteiger partial charge in [-0.1, -0.05) is 26.8 Å². The zero-order chi connectivity index (χ0) is 20.1. The van der Waals surface area contributed by atoms with Crippen LogP contribution in [-0.4, -0.2) is 61.3 Å². The molecule has 5 N–H and O–H groups in total. The fourth-order valence-electron chi connectivity index (χ4n) is 4.48. The van der Waals surface area contributed by atoms with Gasteiger partial charge in [0, 0.05) is 23.7 Å². The van der Waals surface area contributed by atoms with Crippen LogP contribution in [0.4, 0.5) is 0 Å². The van der Waals surface area contributed by atoms with E-state index in [1.54, 1.807) is 33.8 Å². The molecule has 6 atom stereocenters. The third-order valence-electron chi connectivity index (χ3n) is 6.96. The molecular formula is C20H32O6. The van der Waals surface area contributed by atoms with Gasteiger partial charge in [-0.2, -0.15) is 0 Å². The molecule has 0 heterocycles. The molecular weight excluding hydrogens is 336 g/mol. The van der Waals surface area contributed by atoms with Gasteiger partial charge in [0.2, 0.25) is 0 Å². The molecule has 26 heavy (non-hydrogen) atoms. The summed E-state index contributed by atoms with van der Waals surface area (Å²) in [6, 6.07) is 0. The number of fused-ring (bicyclic) bond motifs is 1. The smallest absolute Gasteiger partial charge is 0.158 e. The first-order valence-electron chi connectivity index (χ1n) is 9.14. The molecule has 0 bridgehead atoms. The van der Waals surface area contributed by atoms with Crippen molar-refractivity contribution < 1.29 is 30.3 Å². The first kappa shape index (κ1) is 21.3. The van der Waals surface area contributed by atoms with Crippen molar-refractivity contribution >= 4 is 5.78 Å². The van der Waals surface area contributed by atoms with Crippen molar-refractivity contribution in [2.45, 2.75) is 70.9 Å². The van der Waals surface area contributed by atoms with Gasteiger partial charge in [-0.05, 0) is 37.5 Å². The number of aliphatic hydroxyl groups is 5. The Bertz CT molecular complexity index is 632. The van der Waals surface area contributed by atoms with E-state index in [9.17, 15) is 30.3 Å². The first-order chi connectivity index (χ1) is 11.8. The van der Waals surface area contributed by atoms with Gasteiger partial charge in [-0.3, -0.25) is 4.79 Å². The number of Topliss-reactive ketones (excluding diaryl/α,β-unsaturated/α-hetero) is 1. The first-order valence-corrected chi connectivity index (χ1v) is 9.14. The summed E-state index contributed by atoms with van der Waals surface area (Å²) in [4.78, 5) is 12.2. The average molecular weight is 368 g/mol. The van der Waals surface area contributed by atoms with Crippen molar-refractivity contribution in [2.75, 3.05) is 6.61 Å². The fourth-order valence-corrected chi connectivity index (χ4v) is 4.48. The molecule has 2 aliphatic carbocycles. The maximum atomic E-state index is 12.2. The topological polar surface area (TPSA) is 118 Å². The van der Waals surface area contributed by atoms with Gasteiger partial charge in [-0.15, -0.1) is 0 Å². The molecule has 1 saturated carbocycles. The highest BCUT2D eigenvalue weighted by Crippen LogP contribution is 2.56. The Morgan fingerprint density at radius 3 is 2.23 bits per heavy atom. The summed E-state index contributed by atoms with van der Waals surface area (Å²) in [5.41, 5.74) is -3.46. The Hall–Kier alpha value is -1.05. The highest BCUT2D eigenvalue weighted by molar-refractivity contribution is 5.95. The minimum atomic E-state index is -1.82. The quantitative estimate of drug-likeness (QED) is 0.435. The predicted molar refractivity (Wildman–Crippen MR) is 97.2 cm³/mol. The Morgan fingerprint density at radius 2 is 1.69 bits per heavy atom. The zero-order valence-corrected chi connectivity index (χ0v) is 16.2. The second-order valence-electron chi connectivity index (χ2n) is 8.67. The van der Waals surface area contributed by atoms with E-state index in [1.807, 2.05) is 0 Å². The van der Waals surface area contributed by atoms with E-state index in [-0.39, 0.29) is 18.8 Å². The maximum Gasteiger partial charge on any atom is 0.158 e. The predicted octanol–water partition coefficient (Wildman–Crippen LogP) is 0.710. The molecule has 0 aromatic carbocycles. The molecule has 0 aromatic rings. The molecule has 0 amide bonds. The van der Waals surface area contributed by atoms with Crippen molar-refractivity contribution in [1.82, 2.24) is 0 Å². The van der Waals surface area contributed by atoms with Gasteiger partial charge >= 0.3 is 0 Å². The van der Waals surface area contributed by atoms with Crippen LogP contribution in [0.5, 0.6) is 0 Å². The van der Waals surface area contributed by atoms with Gasteiger partial charge in [0.15, 0.2) is 5.78 Å². The van der Waals surface area contributed by atoms with Crippen molar-refractivity contribution in [3.8, 4) is 0 Å². The van der Waals surface area contributed by atoms with Crippen LogP contribution in [-0.2, 0) is 4.79 Å². The fraction of sp³-hybridized carbons (Fsp3) is 0.750. The highest BCUT2D eigenvalue weighted by Gasteiger charge is 2.66. The van der Waals surface area contributed by atoms with E-state index in [0.717, 1.165) is 0 Å². The van der Waals surface area contributed by atoms with E-state index in [1.165, 1.54) is 13.0 Å². The molecule has 148 valence electrons. The monoisotopic (exact) mass is 368 g/mol. The van der Waals surface area contributed by atoms with Crippen LogP contribution in [0.1, 0.15) is 47.5 Å². The molecule has 0 saturated heterocycles. The average Bonchev–Trinajstić information content (AvgIpc) is 2.57. The van der Waals surface area contributed by atoms with E-state index in [0.29, 0.717) is 17.6 Å². The van der Waals surface area contributed by atoms with Gasteiger partial charge in [-0.25, -0.2) is 0 Å². The molecule has 0 aromatic heterocycles. The highest BCUT2D eigenvalue weighted by atomic mass is 16.4. The standard InChI is InChI=1S/C20H32O6/c1-11-8-16(23)20(26)12(2)17(24)19(5,25)18(3,4)15(20)9-13(10-21)6-7-14(11)22/h8-9,12,15-17,21,23-26H,6-7,10H2,1-5H3/b11-8-,13-9+/t12-,15+,16+,17-,19-,20-/m1/s1. The molecule has 0 aliphatic heterocycles. The summed E-state index contributed by atoms with van der Waals surface area (Å²) in [6.07, 6.45) is 0.839. The van der Waals surface area contributed by atoms with Crippen molar-refractivity contribution in [3.05, 3.63) is 23.3 Å². The summed E-state index contributed by atoms with van der Waals surface area (Å²) in [5.74, 6) is -1.79. The van der Waals surface area contributed by atoms with E-state index < -0.39 is 40.7 Å². The minimum Gasteiger partial charge on any atom is -0.392 e. The lowest BCUT2D eigenvalue weighted by Crippen LogP contribution is -2.73. The van der Waals surface area contributed by atoms with Crippen LogP contribution >= 0.6 is 0 Å². The number of aliphatic hydroxyl groups excluding tert-OH is 3. The normalized spacial score (nSPS) is 48.0. The summed E-state index contributed by atoms with van der Waals surface area (Å²) >= 11 is 0. The van der Waals surface area contributed by atoms with Crippen LogP contribution in [0.3, 0.4) is 0 Å². The molecule has 0 radical (unpaired) electrons. The number of carbonyl (C=O) groups is 1. The Kier molecular flexibility index (Phi) is 5.59. The van der Waals surface area contributed by atoms with E-state index >= 15 is 0 Å². The largest absolute Gasteiger partial charge is 0.392 e. The van der Waals surface area contributed by atoms with Crippen LogP contribution in [0.2, 0.25) is 0 Å². The second-order valence-corrected chi connectivity index (χ2v) is 8.67. The molecule has 0 unspecified atom stereocenters. The van der Waals surface area contributed by atoms with Gasteiger partial charge in [0.1, 0.15) is 11.7 Å². The maximum absolute atomic E-state index is 12.2. The third-order valence-corrected chi connectivity index (χ3v) is 6.96. The minimum absolute atomic E-state index is 0.166. The number of ketones is 1. The number of allylic oxidation sites excluding steroid dienone is 1. The summed E-state index contributed by atoms with van der Waals surface area (Å²) in [7, 11) is 0. The van der Waals surface area contributed by atoms with Crippen LogP contribution in [0, 0.1) is 17.3 Å². The Morgan fingerprint density at radius 1 is 1.12 bits per heavy atom. The summed E-state index contributed by atoms with van der Waals surface area (Å²) < 4.78 is 0. The summed E-state index contributed by atoms with van der Waals surface area (Å²) in [6.45, 7) is 7.85. The Labute approximate surface area is 154 Å². The molecule has 6 nitrogen and oxygen atoms in total. The molecule has 2 rings (SSSR count). The van der Waals surface area contributed by atoms with Crippen molar-refractivity contribution in [3.63, 3.8) is 0 Å². The Balaban J connectivity index is 2.75. The molecule has 1 fully saturated rings. The zero-order valence-electron chi connectivity index (χ0n) is 16.2. The van der Waals surface area contributed by atoms with E-state index in [2.05, 4.69) is 0 Å². The molecule has 6 heteroatoms. The number of hydrogen-bond donors (Lipinski definition) is 5. The van der Waals surface area contributed by atoms with Crippen LogP contribution in [0.25, 0.3) is 0 Å². The SMILES string of the molecule is C/C1=C/[C@H](O)[C@@]2(O)[C@H](C)[C@@H](O)[C@@](C)(O)C(C)(C)[C@@H]2/C=C(/CO)CCC1=O. The number of rotatable bonds is 1. The number of carbonyl (C=O) groups excluding carboxylic acids is 1. The summed E-state index contributed by atoms with van der Waals surface area (Å²) in [5, 5.41) is 53.9. The third kappa shape index (κ3) is 2.98. The molecule has 0 spiro atoms. The van der Waals surface area contributed by atoms with Crippen LogP contribution in [0.15, 0.2) is 23.3 Å². The van der Waals surface area contributed by atoms with Gasteiger partial charge in [0.05, 0.1) is 18.3 Å². The lowest BCUT2D eigenvalue weighted by atomic mass is 9.48. The number of hydrogen-bond acceptors (Lipinski definition) is 6. The lowest BCUT2D eigenvalue weighted by Gasteiger charge is -2.61. The van der Waals surface area contributed by atoms with Crippen molar-refractivity contribution in [2.24, 2.45) is 17.3 Å². The van der Waals surface area contributed by atoms with E-state index in [4.69, 9.17) is 0 Å². The lowest BCUT2D eigenvalue weighted by molar-refractivity contribution is -0.278. The second kappa shape index (κ2) is 6.84. The van der Waals surface area contributed by atoms with Gasteiger partial charge < -0.3 is 25.5 Å².